The summed E-state index contributed by atoms with van der Waals surface area (Å²) in [6.45, 7) is 0.555. The molecule has 1 saturated heterocycles. The lowest BCUT2D eigenvalue weighted by molar-refractivity contribution is -0.115. The third kappa shape index (κ3) is 3.56. The van der Waals surface area contributed by atoms with Crippen molar-refractivity contribution in [3.05, 3.63) is 65.1 Å². The van der Waals surface area contributed by atoms with Crippen molar-refractivity contribution in [2.24, 2.45) is 4.99 Å². The van der Waals surface area contributed by atoms with Gasteiger partial charge in [-0.05, 0) is 35.9 Å². The molecular formula is C18H15N5OS. The predicted molar refractivity (Wildman–Crippen MR) is 99.1 cm³/mol. The number of nitrogens with zero attached hydrogens (tertiary/aromatic N) is 3. The lowest BCUT2D eigenvalue weighted by Gasteiger charge is -1.99. The first kappa shape index (κ1) is 15.5. The number of fused-ring (bicyclic) bond motifs is 1. The van der Waals surface area contributed by atoms with Gasteiger partial charge in [-0.2, -0.15) is 0 Å². The number of thiazole rings is 1. The number of pyridine rings is 1. The largest absolute Gasteiger partial charge is 0.321 e. The van der Waals surface area contributed by atoms with E-state index in [9.17, 15) is 4.79 Å². The molecule has 1 aliphatic rings. The van der Waals surface area contributed by atoms with Crippen molar-refractivity contribution < 1.29 is 4.79 Å². The van der Waals surface area contributed by atoms with Crippen molar-refractivity contribution >= 4 is 39.5 Å². The summed E-state index contributed by atoms with van der Waals surface area (Å²) in [6, 6.07) is 11.7. The Kier molecular flexibility index (Phi) is 4.22. The molecule has 25 heavy (non-hydrogen) atoms. The molecule has 2 aromatic heterocycles. The van der Waals surface area contributed by atoms with Crippen LogP contribution in [0.25, 0.3) is 16.3 Å². The number of carbonyl (C=O) groups is 1. The molecule has 1 amide bonds. The molecule has 7 heteroatoms. The van der Waals surface area contributed by atoms with Crippen molar-refractivity contribution in [3.8, 4) is 0 Å². The van der Waals surface area contributed by atoms with E-state index in [-0.39, 0.29) is 5.91 Å². The van der Waals surface area contributed by atoms with Gasteiger partial charge >= 0.3 is 0 Å². The molecule has 0 spiro atoms. The Hall–Kier alpha value is -3.06. The van der Waals surface area contributed by atoms with Crippen LogP contribution in [0.1, 0.15) is 11.3 Å². The minimum Gasteiger partial charge on any atom is -0.321 e. The van der Waals surface area contributed by atoms with Crippen LogP contribution < -0.4 is 10.6 Å². The number of benzene rings is 1. The molecule has 2 N–H and O–H groups in total. The molecule has 1 aliphatic heterocycles. The van der Waals surface area contributed by atoms with Gasteiger partial charge in [-0.25, -0.2) is 4.98 Å². The normalized spacial score (nSPS) is 17.2. The van der Waals surface area contributed by atoms with Crippen molar-refractivity contribution in [3.63, 3.8) is 0 Å². The Morgan fingerprint density at radius 3 is 3.00 bits per heavy atom. The molecule has 0 atom stereocenters. The van der Waals surface area contributed by atoms with Crippen molar-refractivity contribution in [1.82, 2.24) is 20.6 Å². The number of carbonyl (C=O) groups excluding carboxylic acids is 1. The minimum absolute atomic E-state index is 0.180. The van der Waals surface area contributed by atoms with E-state index in [1.807, 2.05) is 48.0 Å². The van der Waals surface area contributed by atoms with E-state index in [2.05, 4.69) is 25.6 Å². The summed E-state index contributed by atoms with van der Waals surface area (Å²) in [5.41, 5.74) is 5.19. The molecule has 3 aromatic rings. The van der Waals surface area contributed by atoms with E-state index in [0.29, 0.717) is 18.2 Å². The first-order chi connectivity index (χ1) is 12.3. The fraction of sp³-hybridized carbons (Fsp3) is 0.111. The molecule has 0 bridgehead atoms. The lowest BCUT2D eigenvalue weighted by atomic mass is 10.2. The van der Waals surface area contributed by atoms with Crippen LogP contribution in [0.5, 0.6) is 0 Å². The van der Waals surface area contributed by atoms with Gasteiger partial charge in [0.2, 0.25) is 5.96 Å². The van der Waals surface area contributed by atoms with Crippen LogP contribution in [0.15, 0.2) is 58.8 Å². The highest BCUT2D eigenvalue weighted by Gasteiger charge is 2.21. The Balaban J connectivity index is 1.45. The Labute approximate surface area is 148 Å². The fourth-order valence-corrected chi connectivity index (χ4v) is 3.25. The first-order valence-electron chi connectivity index (χ1n) is 7.86. The van der Waals surface area contributed by atoms with Crippen LogP contribution >= 0.6 is 11.3 Å². The van der Waals surface area contributed by atoms with Crippen LogP contribution in [0.4, 0.5) is 0 Å². The van der Waals surface area contributed by atoms with Crippen LogP contribution in [-0.4, -0.2) is 28.4 Å². The SMILES string of the molecule is O=C1NC(=NCCc2ccccn2)N/C1=C\c1ccc2ncsc2c1. The van der Waals surface area contributed by atoms with Gasteiger partial charge < -0.3 is 5.32 Å². The Bertz CT molecular complexity index is 977. The quantitative estimate of drug-likeness (QED) is 0.709. The highest BCUT2D eigenvalue weighted by Crippen LogP contribution is 2.20. The zero-order valence-electron chi connectivity index (χ0n) is 13.3. The summed E-state index contributed by atoms with van der Waals surface area (Å²) in [7, 11) is 0. The molecule has 0 unspecified atom stereocenters. The average molecular weight is 349 g/mol. The maximum atomic E-state index is 12.1. The second-order valence-corrected chi connectivity index (χ2v) is 6.40. The summed E-state index contributed by atoms with van der Waals surface area (Å²) in [6.07, 6.45) is 4.30. The van der Waals surface area contributed by atoms with Gasteiger partial charge in [0.25, 0.3) is 5.91 Å². The summed E-state index contributed by atoms with van der Waals surface area (Å²) in [4.78, 5) is 25.0. The summed E-state index contributed by atoms with van der Waals surface area (Å²) < 4.78 is 1.09. The molecule has 1 fully saturated rings. The smallest absolute Gasteiger partial charge is 0.274 e. The Morgan fingerprint density at radius 2 is 2.12 bits per heavy atom. The van der Waals surface area contributed by atoms with Gasteiger partial charge in [-0.3, -0.25) is 20.1 Å². The molecule has 124 valence electrons. The van der Waals surface area contributed by atoms with Gasteiger partial charge in [0.15, 0.2) is 0 Å². The monoisotopic (exact) mass is 349 g/mol. The number of amides is 1. The molecule has 0 saturated carbocycles. The molecule has 6 nitrogen and oxygen atoms in total. The van der Waals surface area contributed by atoms with E-state index in [0.717, 1.165) is 27.9 Å². The van der Waals surface area contributed by atoms with Gasteiger partial charge in [0.05, 0.1) is 15.7 Å². The maximum absolute atomic E-state index is 12.1. The molecular weight excluding hydrogens is 334 g/mol. The molecule has 3 heterocycles. The summed E-state index contributed by atoms with van der Waals surface area (Å²) in [5, 5.41) is 5.78. The van der Waals surface area contributed by atoms with E-state index < -0.39 is 0 Å². The third-order valence-corrected chi connectivity index (χ3v) is 4.55. The third-order valence-electron chi connectivity index (χ3n) is 3.76. The van der Waals surface area contributed by atoms with E-state index >= 15 is 0 Å². The average Bonchev–Trinajstić information content (AvgIpc) is 3.22. The van der Waals surface area contributed by atoms with Gasteiger partial charge in [0, 0.05) is 24.9 Å². The van der Waals surface area contributed by atoms with Gasteiger partial charge in [0.1, 0.15) is 5.70 Å². The predicted octanol–water partition coefficient (Wildman–Crippen LogP) is 2.35. The zero-order chi connectivity index (χ0) is 17.1. The van der Waals surface area contributed by atoms with Crippen LogP contribution in [0.2, 0.25) is 0 Å². The zero-order valence-corrected chi connectivity index (χ0v) is 14.1. The highest BCUT2D eigenvalue weighted by atomic mass is 32.1. The van der Waals surface area contributed by atoms with Crippen LogP contribution in [-0.2, 0) is 11.2 Å². The number of nitrogens with one attached hydrogen (secondary N) is 2. The number of hydrogen-bond donors (Lipinski definition) is 2. The number of aromatic nitrogens is 2. The standard InChI is InChI=1S/C18H15N5OS/c24-17-15(9-12-4-5-14-16(10-12)25-11-21-14)22-18(23-17)20-8-6-13-3-1-2-7-19-13/h1-5,7,9-11H,6,8H2,(H2,20,22,23,24)/b15-9-. The summed E-state index contributed by atoms with van der Waals surface area (Å²) in [5.74, 6) is 0.298. The second kappa shape index (κ2) is 6.82. The van der Waals surface area contributed by atoms with Crippen molar-refractivity contribution in [1.29, 1.82) is 0 Å². The van der Waals surface area contributed by atoms with E-state index in [4.69, 9.17) is 0 Å². The fourth-order valence-electron chi connectivity index (χ4n) is 2.53. The van der Waals surface area contributed by atoms with E-state index in [1.54, 1.807) is 17.5 Å². The molecule has 0 aliphatic carbocycles. The van der Waals surface area contributed by atoms with Crippen LogP contribution in [0.3, 0.4) is 0 Å². The molecule has 1 aromatic carbocycles. The number of guanidine groups is 1. The maximum Gasteiger partial charge on any atom is 0.274 e. The van der Waals surface area contributed by atoms with Crippen molar-refractivity contribution in [2.45, 2.75) is 6.42 Å². The topological polar surface area (TPSA) is 79.3 Å². The van der Waals surface area contributed by atoms with E-state index in [1.165, 1.54) is 0 Å². The highest BCUT2D eigenvalue weighted by molar-refractivity contribution is 7.16. The molecule has 0 radical (unpaired) electrons. The van der Waals surface area contributed by atoms with Crippen LogP contribution in [0, 0.1) is 0 Å². The van der Waals surface area contributed by atoms with Gasteiger partial charge in [-0.1, -0.05) is 12.1 Å². The minimum atomic E-state index is -0.180. The van der Waals surface area contributed by atoms with Gasteiger partial charge in [-0.15, -0.1) is 11.3 Å². The number of hydrogen-bond acceptors (Lipinski definition) is 5. The van der Waals surface area contributed by atoms with Crippen molar-refractivity contribution in [2.75, 3.05) is 6.54 Å². The Morgan fingerprint density at radius 1 is 1.16 bits per heavy atom. The number of aliphatic imine (C=N–C) groups is 1. The first-order valence-corrected chi connectivity index (χ1v) is 8.73. The summed E-state index contributed by atoms with van der Waals surface area (Å²) >= 11 is 1.58. The second-order valence-electron chi connectivity index (χ2n) is 5.52. The number of rotatable bonds is 4. The molecule has 4 rings (SSSR count). The lowest BCUT2D eigenvalue weighted by Crippen LogP contribution is -2.25.